The van der Waals surface area contributed by atoms with Gasteiger partial charge < -0.3 is 24.7 Å². The van der Waals surface area contributed by atoms with Crippen LogP contribution in [0.1, 0.15) is 13.8 Å². The molecule has 8 nitrogen and oxygen atoms in total. The molecule has 8 heteroatoms. The van der Waals surface area contributed by atoms with Crippen molar-refractivity contribution in [2.24, 2.45) is 5.73 Å². The second kappa shape index (κ2) is 14.7. The maximum atomic E-state index is 11.5. The van der Waals surface area contributed by atoms with E-state index in [2.05, 4.69) is 0 Å². The van der Waals surface area contributed by atoms with E-state index in [1.54, 1.807) is 18.7 Å². The van der Waals surface area contributed by atoms with Crippen molar-refractivity contribution >= 4 is 11.9 Å². The monoisotopic (exact) mass is 320 g/mol. The van der Waals surface area contributed by atoms with Crippen LogP contribution in [-0.4, -0.2) is 82.7 Å². The summed E-state index contributed by atoms with van der Waals surface area (Å²) in [6.45, 7) is 6.82. The Bertz CT molecular complexity index is 281. The van der Waals surface area contributed by atoms with Gasteiger partial charge in [-0.15, -0.1) is 0 Å². The molecule has 0 aliphatic rings. The van der Waals surface area contributed by atoms with Crippen LogP contribution in [0.4, 0.5) is 0 Å². The van der Waals surface area contributed by atoms with Crippen molar-refractivity contribution < 1.29 is 28.5 Å². The van der Waals surface area contributed by atoms with Gasteiger partial charge in [0.1, 0.15) is 0 Å². The van der Waals surface area contributed by atoms with Crippen LogP contribution in [0.3, 0.4) is 0 Å². The van der Waals surface area contributed by atoms with Crippen molar-refractivity contribution in [2.75, 3.05) is 65.8 Å². The maximum absolute atomic E-state index is 11.5. The number of hydrogen-bond acceptors (Lipinski definition) is 8. The lowest BCUT2D eigenvalue weighted by atomic mass is 10.4. The fourth-order valence-electron chi connectivity index (χ4n) is 1.59. The summed E-state index contributed by atoms with van der Waals surface area (Å²) < 4.78 is 20.3. The normalized spacial score (nSPS) is 10.7. The summed E-state index contributed by atoms with van der Waals surface area (Å²) in [4.78, 5) is 24.7. The second-order valence-electron chi connectivity index (χ2n) is 4.33. The Hall–Kier alpha value is -1.22. The Balaban J connectivity index is 4.00. The lowest BCUT2D eigenvalue weighted by Crippen LogP contribution is -2.38. The summed E-state index contributed by atoms with van der Waals surface area (Å²) in [6.07, 6.45) is 0. The minimum atomic E-state index is -0.377. The van der Waals surface area contributed by atoms with Gasteiger partial charge in [0.05, 0.1) is 52.7 Å². The van der Waals surface area contributed by atoms with Crippen LogP contribution in [0, 0.1) is 0 Å². The fourth-order valence-corrected chi connectivity index (χ4v) is 1.59. The van der Waals surface area contributed by atoms with E-state index in [-0.39, 0.29) is 25.0 Å². The first-order chi connectivity index (χ1) is 10.6. The van der Waals surface area contributed by atoms with Gasteiger partial charge in [0.25, 0.3) is 0 Å². The SMILES string of the molecule is CCOC(=O)CN(CCOCCOCCN)CC(=O)OCC. The van der Waals surface area contributed by atoms with Gasteiger partial charge in [-0.25, -0.2) is 0 Å². The molecular formula is C14H28N2O6. The molecule has 0 aliphatic carbocycles. The highest BCUT2D eigenvalue weighted by atomic mass is 16.5. The standard InChI is InChI=1S/C14H28N2O6/c1-3-21-13(17)11-16(12-14(18)22-4-2)6-8-20-10-9-19-7-5-15/h3-12,15H2,1-2H3. The average Bonchev–Trinajstić information content (AvgIpc) is 2.46. The molecule has 0 bridgehead atoms. The van der Waals surface area contributed by atoms with Gasteiger partial charge in [-0.3, -0.25) is 14.5 Å². The van der Waals surface area contributed by atoms with Crippen molar-refractivity contribution in [1.82, 2.24) is 4.90 Å². The van der Waals surface area contributed by atoms with Crippen LogP contribution in [-0.2, 0) is 28.5 Å². The van der Waals surface area contributed by atoms with Crippen LogP contribution >= 0.6 is 0 Å². The van der Waals surface area contributed by atoms with Gasteiger partial charge in [-0.05, 0) is 13.8 Å². The first-order valence-corrected chi connectivity index (χ1v) is 7.53. The third kappa shape index (κ3) is 12.5. The second-order valence-corrected chi connectivity index (χ2v) is 4.33. The van der Waals surface area contributed by atoms with Crippen LogP contribution < -0.4 is 5.73 Å². The summed E-state index contributed by atoms with van der Waals surface area (Å²) in [6, 6.07) is 0. The quantitative estimate of drug-likeness (QED) is 0.335. The fraction of sp³-hybridized carbons (Fsp3) is 0.857. The van der Waals surface area contributed by atoms with Crippen molar-refractivity contribution in [3.05, 3.63) is 0 Å². The first kappa shape index (κ1) is 20.8. The third-order valence-electron chi connectivity index (χ3n) is 2.50. The number of rotatable bonds is 14. The van der Waals surface area contributed by atoms with Gasteiger partial charge in [0.15, 0.2) is 0 Å². The Morgan fingerprint density at radius 1 is 0.864 bits per heavy atom. The van der Waals surface area contributed by atoms with Crippen LogP contribution in [0.5, 0.6) is 0 Å². The highest BCUT2D eigenvalue weighted by molar-refractivity contribution is 5.75. The Morgan fingerprint density at radius 2 is 1.36 bits per heavy atom. The average molecular weight is 320 g/mol. The molecule has 0 aromatic heterocycles. The predicted octanol–water partition coefficient (Wildman–Crippen LogP) is -0.593. The van der Waals surface area contributed by atoms with E-state index >= 15 is 0 Å². The molecule has 0 amide bonds. The number of esters is 2. The molecule has 0 radical (unpaired) electrons. The van der Waals surface area contributed by atoms with Crippen LogP contribution in [0.15, 0.2) is 0 Å². The van der Waals surface area contributed by atoms with Gasteiger partial charge in [-0.1, -0.05) is 0 Å². The Morgan fingerprint density at radius 3 is 1.82 bits per heavy atom. The summed E-state index contributed by atoms with van der Waals surface area (Å²) in [5, 5.41) is 0. The lowest BCUT2D eigenvalue weighted by Gasteiger charge is -2.20. The topological polar surface area (TPSA) is 100 Å². The number of hydrogen-bond donors (Lipinski definition) is 1. The number of ether oxygens (including phenoxy) is 4. The minimum Gasteiger partial charge on any atom is -0.465 e. The van der Waals surface area contributed by atoms with Gasteiger partial charge in [0, 0.05) is 13.1 Å². The number of carbonyl (C=O) groups is 2. The zero-order valence-corrected chi connectivity index (χ0v) is 13.5. The number of carbonyl (C=O) groups excluding carboxylic acids is 2. The zero-order valence-electron chi connectivity index (χ0n) is 13.5. The van der Waals surface area contributed by atoms with Crippen LogP contribution in [0.2, 0.25) is 0 Å². The number of nitrogens with zero attached hydrogens (tertiary/aromatic N) is 1. The van der Waals surface area contributed by atoms with Gasteiger partial charge in [-0.2, -0.15) is 0 Å². The molecule has 0 aromatic rings. The highest BCUT2D eigenvalue weighted by Gasteiger charge is 2.15. The van der Waals surface area contributed by atoms with Crippen molar-refractivity contribution in [3.8, 4) is 0 Å². The lowest BCUT2D eigenvalue weighted by molar-refractivity contribution is -0.148. The molecule has 0 aliphatic heterocycles. The predicted molar refractivity (Wildman–Crippen MR) is 80.4 cm³/mol. The summed E-state index contributed by atoms with van der Waals surface area (Å²) in [5.41, 5.74) is 5.29. The summed E-state index contributed by atoms with van der Waals surface area (Å²) in [7, 11) is 0. The largest absolute Gasteiger partial charge is 0.465 e. The van der Waals surface area contributed by atoms with E-state index in [4.69, 9.17) is 24.7 Å². The molecule has 0 aromatic carbocycles. The Kier molecular flexibility index (Phi) is 13.9. The highest BCUT2D eigenvalue weighted by Crippen LogP contribution is 1.94. The third-order valence-corrected chi connectivity index (χ3v) is 2.50. The molecule has 0 saturated carbocycles. The molecule has 0 atom stereocenters. The molecule has 0 saturated heterocycles. The van der Waals surface area contributed by atoms with Crippen molar-refractivity contribution in [3.63, 3.8) is 0 Å². The molecule has 2 N–H and O–H groups in total. The summed E-state index contributed by atoms with van der Waals surface area (Å²) >= 11 is 0. The van der Waals surface area contributed by atoms with E-state index in [0.29, 0.717) is 52.7 Å². The molecule has 0 heterocycles. The van der Waals surface area contributed by atoms with Crippen LogP contribution in [0.25, 0.3) is 0 Å². The molecule has 130 valence electrons. The molecular weight excluding hydrogens is 292 g/mol. The van der Waals surface area contributed by atoms with Crippen molar-refractivity contribution in [2.45, 2.75) is 13.8 Å². The summed E-state index contributed by atoms with van der Waals surface area (Å²) in [5.74, 6) is -0.754. The maximum Gasteiger partial charge on any atom is 0.320 e. The smallest absolute Gasteiger partial charge is 0.320 e. The molecule has 0 spiro atoms. The van der Waals surface area contributed by atoms with E-state index in [0.717, 1.165) is 0 Å². The van der Waals surface area contributed by atoms with Gasteiger partial charge in [0.2, 0.25) is 0 Å². The van der Waals surface area contributed by atoms with Gasteiger partial charge >= 0.3 is 11.9 Å². The molecule has 0 rings (SSSR count). The molecule has 22 heavy (non-hydrogen) atoms. The zero-order chi connectivity index (χ0) is 16.6. The Labute approximate surface area is 131 Å². The van der Waals surface area contributed by atoms with E-state index < -0.39 is 0 Å². The van der Waals surface area contributed by atoms with E-state index in [1.165, 1.54) is 0 Å². The van der Waals surface area contributed by atoms with E-state index in [9.17, 15) is 9.59 Å². The molecule has 0 unspecified atom stereocenters. The number of nitrogens with two attached hydrogens (primary N) is 1. The minimum absolute atomic E-state index is 0.0275. The first-order valence-electron chi connectivity index (χ1n) is 7.53. The van der Waals surface area contributed by atoms with Crippen molar-refractivity contribution in [1.29, 1.82) is 0 Å². The van der Waals surface area contributed by atoms with E-state index in [1.807, 2.05) is 0 Å². The molecule has 0 fully saturated rings.